The Hall–Kier alpha value is -1.79. The van der Waals surface area contributed by atoms with Crippen LogP contribution in [-0.4, -0.2) is 32.5 Å². The highest BCUT2D eigenvalue weighted by Crippen LogP contribution is 2.42. The third-order valence-corrected chi connectivity index (χ3v) is 4.51. The number of fused-ring (bicyclic) bond motifs is 1. The zero-order valence-corrected chi connectivity index (χ0v) is 14.0. The molecule has 0 bridgehead atoms. The van der Waals surface area contributed by atoms with Gasteiger partial charge in [-0.05, 0) is 24.5 Å². The molecule has 0 radical (unpaired) electrons. The van der Waals surface area contributed by atoms with Gasteiger partial charge in [-0.2, -0.15) is 0 Å². The van der Waals surface area contributed by atoms with E-state index in [-0.39, 0.29) is 11.7 Å². The van der Waals surface area contributed by atoms with Gasteiger partial charge in [0.15, 0.2) is 6.29 Å². The number of phenols is 2. The van der Waals surface area contributed by atoms with Crippen molar-refractivity contribution in [3.8, 4) is 11.5 Å². The highest BCUT2D eigenvalue weighted by atomic mass is 16.6. The summed E-state index contributed by atoms with van der Waals surface area (Å²) in [4.78, 5) is 11.1. The SMILES string of the molecule is CCCCCCCCC1Cc2cc(O)c(C(=O)O)c(O)c2C(O)O1. The first-order valence-corrected chi connectivity index (χ1v) is 8.60. The van der Waals surface area contributed by atoms with Gasteiger partial charge in [0.1, 0.15) is 17.1 Å². The Morgan fingerprint density at radius 2 is 1.88 bits per heavy atom. The largest absolute Gasteiger partial charge is 0.507 e. The van der Waals surface area contributed by atoms with Crippen LogP contribution in [0.1, 0.15) is 79.6 Å². The molecule has 1 aliphatic heterocycles. The Labute approximate surface area is 141 Å². The summed E-state index contributed by atoms with van der Waals surface area (Å²) in [6, 6.07) is 1.30. The molecule has 1 heterocycles. The highest BCUT2D eigenvalue weighted by molar-refractivity contribution is 5.94. The number of hydrogen-bond donors (Lipinski definition) is 4. The van der Waals surface area contributed by atoms with Gasteiger partial charge in [0.25, 0.3) is 0 Å². The number of ether oxygens (including phenoxy) is 1. The van der Waals surface area contributed by atoms with Crippen LogP contribution in [0.25, 0.3) is 0 Å². The van der Waals surface area contributed by atoms with Crippen LogP contribution in [-0.2, 0) is 11.2 Å². The van der Waals surface area contributed by atoms with Crippen LogP contribution in [0.2, 0.25) is 0 Å². The van der Waals surface area contributed by atoms with Gasteiger partial charge < -0.3 is 25.2 Å². The Morgan fingerprint density at radius 3 is 2.54 bits per heavy atom. The molecule has 0 spiro atoms. The number of carboxylic acids is 1. The minimum Gasteiger partial charge on any atom is -0.507 e. The average molecular weight is 338 g/mol. The van der Waals surface area contributed by atoms with E-state index >= 15 is 0 Å². The summed E-state index contributed by atoms with van der Waals surface area (Å²) in [6.07, 6.45) is 6.60. The quantitative estimate of drug-likeness (QED) is 0.541. The number of aliphatic hydroxyl groups is 1. The lowest BCUT2D eigenvalue weighted by Gasteiger charge is -2.30. The standard InChI is InChI=1S/C18H26O6/c1-2-3-4-5-6-7-8-12-9-11-10-13(19)15(17(21)22)16(20)14(11)18(23)24-12/h10,12,18-20,23H,2-9H2,1H3,(H,21,22). The van der Waals surface area contributed by atoms with Crippen LogP contribution in [0.5, 0.6) is 11.5 Å². The van der Waals surface area contributed by atoms with E-state index in [2.05, 4.69) is 6.92 Å². The van der Waals surface area contributed by atoms with Gasteiger partial charge in [-0.25, -0.2) is 4.79 Å². The molecule has 0 saturated heterocycles. The minimum absolute atomic E-state index is 0.0457. The van der Waals surface area contributed by atoms with Crippen LogP contribution in [0, 0.1) is 0 Å². The Morgan fingerprint density at radius 1 is 1.21 bits per heavy atom. The average Bonchev–Trinajstić information content (AvgIpc) is 2.49. The molecule has 0 aliphatic carbocycles. The van der Waals surface area contributed by atoms with Crippen molar-refractivity contribution in [3.05, 3.63) is 22.8 Å². The fourth-order valence-corrected chi connectivity index (χ4v) is 3.24. The molecule has 2 atom stereocenters. The van der Waals surface area contributed by atoms with Crippen molar-refractivity contribution in [2.45, 2.75) is 70.7 Å². The molecule has 1 aromatic carbocycles. The van der Waals surface area contributed by atoms with E-state index in [0.717, 1.165) is 19.3 Å². The number of aliphatic hydroxyl groups excluding tert-OH is 1. The van der Waals surface area contributed by atoms with Crippen LogP contribution < -0.4 is 0 Å². The number of rotatable bonds is 8. The van der Waals surface area contributed by atoms with Crippen LogP contribution in [0.3, 0.4) is 0 Å². The molecule has 1 aromatic rings. The second-order valence-electron chi connectivity index (χ2n) is 6.37. The van der Waals surface area contributed by atoms with Crippen LogP contribution >= 0.6 is 0 Å². The lowest BCUT2D eigenvalue weighted by atomic mass is 9.92. The van der Waals surface area contributed by atoms with Gasteiger partial charge in [-0.3, -0.25) is 0 Å². The van der Waals surface area contributed by atoms with Gasteiger partial charge in [-0.1, -0.05) is 45.4 Å². The molecule has 6 nitrogen and oxygen atoms in total. The zero-order chi connectivity index (χ0) is 17.7. The number of hydrogen-bond acceptors (Lipinski definition) is 5. The van der Waals surface area contributed by atoms with E-state index in [9.17, 15) is 20.1 Å². The van der Waals surface area contributed by atoms with Gasteiger partial charge in [-0.15, -0.1) is 0 Å². The third-order valence-electron chi connectivity index (χ3n) is 4.51. The molecule has 2 rings (SSSR count). The van der Waals surface area contributed by atoms with E-state index in [4.69, 9.17) is 9.84 Å². The van der Waals surface area contributed by atoms with Crippen molar-refractivity contribution in [1.29, 1.82) is 0 Å². The van der Waals surface area contributed by atoms with Crippen molar-refractivity contribution in [3.63, 3.8) is 0 Å². The molecule has 24 heavy (non-hydrogen) atoms. The van der Waals surface area contributed by atoms with Crippen molar-refractivity contribution in [1.82, 2.24) is 0 Å². The normalized spacial score (nSPS) is 19.9. The maximum absolute atomic E-state index is 11.1. The number of aromatic hydroxyl groups is 2. The van der Waals surface area contributed by atoms with E-state index < -0.39 is 29.3 Å². The Kier molecular flexibility index (Phi) is 6.45. The number of benzene rings is 1. The lowest BCUT2D eigenvalue weighted by molar-refractivity contribution is -0.151. The van der Waals surface area contributed by atoms with Crippen molar-refractivity contribution in [2.75, 3.05) is 0 Å². The monoisotopic (exact) mass is 338 g/mol. The molecule has 0 fully saturated rings. The maximum Gasteiger partial charge on any atom is 0.343 e. The summed E-state index contributed by atoms with van der Waals surface area (Å²) in [5.74, 6) is -2.57. The van der Waals surface area contributed by atoms with E-state index in [1.54, 1.807) is 0 Å². The molecule has 4 N–H and O–H groups in total. The van der Waals surface area contributed by atoms with Gasteiger partial charge in [0.2, 0.25) is 0 Å². The summed E-state index contributed by atoms with van der Waals surface area (Å²) in [7, 11) is 0. The zero-order valence-electron chi connectivity index (χ0n) is 14.0. The summed E-state index contributed by atoms with van der Waals surface area (Å²) >= 11 is 0. The van der Waals surface area contributed by atoms with Crippen molar-refractivity contribution in [2.24, 2.45) is 0 Å². The topological polar surface area (TPSA) is 107 Å². The van der Waals surface area contributed by atoms with Gasteiger partial charge >= 0.3 is 5.97 Å². The first-order chi connectivity index (χ1) is 11.5. The van der Waals surface area contributed by atoms with Gasteiger partial charge in [0, 0.05) is 0 Å². The van der Waals surface area contributed by atoms with Crippen LogP contribution in [0.15, 0.2) is 6.07 Å². The predicted octanol–water partition coefficient (Wildman–Crippen LogP) is 3.48. The van der Waals surface area contributed by atoms with Crippen molar-refractivity contribution < 1.29 is 30.0 Å². The molecule has 134 valence electrons. The molecule has 0 saturated carbocycles. The number of carboxylic acid groups (broad SMARTS) is 1. The summed E-state index contributed by atoms with van der Waals surface area (Å²) in [6.45, 7) is 2.18. The molecular weight excluding hydrogens is 312 g/mol. The first kappa shape index (κ1) is 18.5. The molecule has 1 aliphatic rings. The minimum atomic E-state index is -1.45. The van der Waals surface area contributed by atoms with Gasteiger partial charge in [0.05, 0.1) is 11.7 Å². The maximum atomic E-state index is 11.1. The Balaban J connectivity index is 2.01. The number of unbranched alkanes of at least 4 members (excludes halogenated alkanes) is 5. The smallest absolute Gasteiger partial charge is 0.343 e. The number of aromatic carboxylic acids is 1. The van der Waals surface area contributed by atoms with Crippen molar-refractivity contribution >= 4 is 5.97 Å². The second-order valence-corrected chi connectivity index (χ2v) is 6.37. The van der Waals surface area contributed by atoms with Crippen LogP contribution in [0.4, 0.5) is 0 Å². The summed E-state index contributed by atoms with van der Waals surface area (Å²) in [5.41, 5.74) is -0.0279. The summed E-state index contributed by atoms with van der Waals surface area (Å²) < 4.78 is 5.52. The fraction of sp³-hybridized carbons (Fsp3) is 0.611. The first-order valence-electron chi connectivity index (χ1n) is 8.60. The fourth-order valence-electron chi connectivity index (χ4n) is 3.24. The molecular formula is C18H26O6. The second kappa shape index (κ2) is 8.35. The third kappa shape index (κ3) is 4.19. The lowest BCUT2D eigenvalue weighted by Crippen LogP contribution is -2.26. The predicted molar refractivity (Wildman–Crippen MR) is 88.3 cm³/mol. The van der Waals surface area contributed by atoms with E-state index in [1.165, 1.54) is 31.7 Å². The van der Waals surface area contributed by atoms with E-state index in [1.807, 2.05) is 0 Å². The summed E-state index contributed by atoms with van der Waals surface area (Å²) in [5, 5.41) is 39.1. The number of carbonyl (C=O) groups is 1. The molecule has 6 heteroatoms. The molecule has 2 unspecified atom stereocenters. The Bertz CT molecular complexity index is 583. The highest BCUT2D eigenvalue weighted by Gasteiger charge is 2.32. The van der Waals surface area contributed by atoms with E-state index in [0.29, 0.717) is 12.0 Å². The molecule has 0 amide bonds. The molecule has 0 aromatic heterocycles.